The Hall–Kier alpha value is -0.870. The Morgan fingerprint density at radius 2 is 1.76 bits per heavy atom. The maximum atomic E-state index is 12.1. The summed E-state index contributed by atoms with van der Waals surface area (Å²) in [6.07, 6.45) is 0.838. The predicted octanol–water partition coefficient (Wildman–Crippen LogP) is 2.71. The maximum Gasteiger partial charge on any atom is 0.241 e. The average molecular weight is 255 g/mol. The molecule has 0 aromatic heterocycles. The second-order valence-corrected chi connectivity index (χ2v) is 6.60. The fourth-order valence-electron chi connectivity index (χ4n) is 1.94. The van der Waals surface area contributed by atoms with Crippen molar-refractivity contribution in [2.24, 2.45) is 5.92 Å². The summed E-state index contributed by atoms with van der Waals surface area (Å²) in [6, 6.07) is 6.99. The average Bonchev–Trinajstić information content (AvgIpc) is 2.15. The van der Waals surface area contributed by atoms with E-state index >= 15 is 0 Å². The third-order valence-corrected chi connectivity index (χ3v) is 4.31. The van der Waals surface area contributed by atoms with Gasteiger partial charge in [0, 0.05) is 6.04 Å². The lowest BCUT2D eigenvalue weighted by atomic mass is 10.1. The Bertz CT molecular complexity index is 466. The molecule has 3 nitrogen and oxygen atoms in total. The highest BCUT2D eigenvalue weighted by Gasteiger charge is 2.19. The Morgan fingerprint density at radius 1 is 1.18 bits per heavy atom. The Morgan fingerprint density at radius 3 is 2.29 bits per heavy atom. The SMILES string of the molecule is Cc1ccccc1S(=O)(=O)NC(C)CC(C)C. The number of hydrogen-bond donors (Lipinski definition) is 1. The second kappa shape index (κ2) is 5.65. The van der Waals surface area contributed by atoms with Crippen molar-refractivity contribution in [3.63, 3.8) is 0 Å². The van der Waals surface area contributed by atoms with Crippen LogP contribution in [0.1, 0.15) is 32.8 Å². The number of rotatable bonds is 5. The van der Waals surface area contributed by atoms with Gasteiger partial charge in [0.05, 0.1) is 4.90 Å². The summed E-state index contributed by atoms with van der Waals surface area (Å²) in [5.74, 6) is 0.476. The van der Waals surface area contributed by atoms with Gasteiger partial charge in [-0.3, -0.25) is 0 Å². The van der Waals surface area contributed by atoms with Crippen LogP contribution in [-0.2, 0) is 10.0 Å². The molecule has 0 heterocycles. The molecule has 1 aromatic carbocycles. The predicted molar refractivity (Wildman–Crippen MR) is 70.4 cm³/mol. The van der Waals surface area contributed by atoms with Crippen molar-refractivity contribution >= 4 is 10.0 Å². The minimum atomic E-state index is -3.39. The first-order chi connectivity index (χ1) is 7.83. The van der Waals surface area contributed by atoms with E-state index in [1.54, 1.807) is 12.1 Å². The largest absolute Gasteiger partial charge is 0.241 e. The monoisotopic (exact) mass is 255 g/mol. The van der Waals surface area contributed by atoms with Crippen molar-refractivity contribution in [1.29, 1.82) is 0 Å². The van der Waals surface area contributed by atoms with Crippen LogP contribution in [0.3, 0.4) is 0 Å². The van der Waals surface area contributed by atoms with Crippen LogP contribution in [0.5, 0.6) is 0 Å². The van der Waals surface area contributed by atoms with Crippen LogP contribution >= 0.6 is 0 Å². The first-order valence-corrected chi connectivity index (χ1v) is 7.39. The van der Waals surface area contributed by atoms with E-state index in [9.17, 15) is 8.42 Å². The molecule has 0 aliphatic heterocycles. The summed E-state index contributed by atoms with van der Waals surface area (Å²) >= 11 is 0. The van der Waals surface area contributed by atoms with Crippen LogP contribution in [0.15, 0.2) is 29.2 Å². The van der Waals surface area contributed by atoms with Gasteiger partial charge in [0.25, 0.3) is 0 Å². The smallest absolute Gasteiger partial charge is 0.208 e. The fraction of sp³-hybridized carbons (Fsp3) is 0.538. The van der Waals surface area contributed by atoms with E-state index in [1.165, 1.54) is 0 Å². The molecule has 96 valence electrons. The molecular weight excluding hydrogens is 234 g/mol. The number of benzene rings is 1. The minimum absolute atomic E-state index is 0.0420. The molecule has 0 aliphatic carbocycles. The lowest BCUT2D eigenvalue weighted by Crippen LogP contribution is -2.33. The summed E-state index contributed by atoms with van der Waals surface area (Å²) in [4.78, 5) is 0.371. The number of sulfonamides is 1. The highest BCUT2D eigenvalue weighted by Crippen LogP contribution is 2.15. The van der Waals surface area contributed by atoms with Gasteiger partial charge in [0.2, 0.25) is 10.0 Å². The standard InChI is InChI=1S/C13H21NO2S/c1-10(2)9-12(4)14-17(15,16)13-8-6-5-7-11(13)3/h5-8,10,12,14H,9H2,1-4H3. The van der Waals surface area contributed by atoms with Crippen molar-refractivity contribution in [3.8, 4) is 0 Å². The zero-order valence-electron chi connectivity index (χ0n) is 10.9. The zero-order valence-corrected chi connectivity index (χ0v) is 11.7. The van der Waals surface area contributed by atoms with Crippen molar-refractivity contribution in [2.75, 3.05) is 0 Å². The van der Waals surface area contributed by atoms with Gasteiger partial charge in [0.15, 0.2) is 0 Å². The summed E-state index contributed by atoms with van der Waals surface area (Å²) in [6.45, 7) is 7.87. The van der Waals surface area contributed by atoms with E-state index in [2.05, 4.69) is 18.6 Å². The highest BCUT2D eigenvalue weighted by molar-refractivity contribution is 7.89. The summed E-state index contributed by atoms with van der Waals surface area (Å²) in [5.41, 5.74) is 0.775. The molecule has 1 rings (SSSR count). The van der Waals surface area contributed by atoms with Crippen molar-refractivity contribution in [1.82, 2.24) is 4.72 Å². The van der Waals surface area contributed by atoms with Gasteiger partial charge in [0.1, 0.15) is 0 Å². The van der Waals surface area contributed by atoms with Crippen LogP contribution in [0.2, 0.25) is 0 Å². The first kappa shape index (κ1) is 14.2. The summed E-state index contributed by atoms with van der Waals surface area (Å²) in [5, 5.41) is 0. The molecule has 0 amide bonds. The van der Waals surface area contributed by atoms with Gasteiger partial charge >= 0.3 is 0 Å². The van der Waals surface area contributed by atoms with Crippen LogP contribution in [0, 0.1) is 12.8 Å². The van der Waals surface area contributed by atoms with E-state index < -0.39 is 10.0 Å². The lowest BCUT2D eigenvalue weighted by Gasteiger charge is -2.17. The Balaban J connectivity index is 2.86. The Labute approximate surface area is 104 Å². The second-order valence-electron chi connectivity index (χ2n) is 4.92. The van der Waals surface area contributed by atoms with Gasteiger partial charge in [-0.15, -0.1) is 0 Å². The minimum Gasteiger partial charge on any atom is -0.208 e. The molecule has 0 saturated heterocycles. The van der Waals surface area contributed by atoms with Gasteiger partial charge < -0.3 is 0 Å². The van der Waals surface area contributed by atoms with Crippen molar-refractivity contribution in [2.45, 2.75) is 45.1 Å². The molecule has 1 aromatic rings. The van der Waals surface area contributed by atoms with Crippen LogP contribution in [-0.4, -0.2) is 14.5 Å². The third-order valence-electron chi connectivity index (χ3n) is 2.56. The fourth-order valence-corrected chi connectivity index (χ4v) is 3.44. The van der Waals surface area contributed by atoms with Crippen LogP contribution in [0.4, 0.5) is 0 Å². The Kier molecular flexibility index (Phi) is 4.71. The topological polar surface area (TPSA) is 46.2 Å². The molecule has 0 aliphatic rings. The van der Waals surface area contributed by atoms with Gasteiger partial charge in [-0.2, -0.15) is 0 Å². The molecule has 0 spiro atoms. The molecule has 1 unspecified atom stereocenters. The molecular formula is C13H21NO2S. The number of nitrogens with one attached hydrogen (secondary N) is 1. The summed E-state index contributed by atoms with van der Waals surface area (Å²) < 4.78 is 27.0. The first-order valence-electron chi connectivity index (χ1n) is 5.91. The van der Waals surface area contributed by atoms with Gasteiger partial charge in [-0.1, -0.05) is 32.0 Å². The molecule has 4 heteroatoms. The van der Waals surface area contributed by atoms with Gasteiger partial charge in [-0.25, -0.2) is 13.1 Å². The molecule has 17 heavy (non-hydrogen) atoms. The van der Waals surface area contributed by atoms with E-state index in [-0.39, 0.29) is 6.04 Å². The van der Waals surface area contributed by atoms with E-state index in [1.807, 2.05) is 26.0 Å². The van der Waals surface area contributed by atoms with E-state index in [0.29, 0.717) is 10.8 Å². The van der Waals surface area contributed by atoms with Gasteiger partial charge in [-0.05, 0) is 37.8 Å². The number of aryl methyl sites for hydroxylation is 1. The quantitative estimate of drug-likeness (QED) is 0.879. The lowest BCUT2D eigenvalue weighted by molar-refractivity contribution is 0.482. The molecule has 1 N–H and O–H groups in total. The third kappa shape index (κ3) is 4.13. The van der Waals surface area contributed by atoms with Crippen LogP contribution in [0.25, 0.3) is 0 Å². The summed E-state index contributed by atoms with van der Waals surface area (Å²) in [7, 11) is -3.39. The molecule has 0 bridgehead atoms. The normalized spacial score (nSPS) is 13.9. The molecule has 0 saturated carbocycles. The highest BCUT2D eigenvalue weighted by atomic mass is 32.2. The molecule has 0 radical (unpaired) electrons. The van der Waals surface area contributed by atoms with E-state index in [0.717, 1.165) is 12.0 Å². The van der Waals surface area contributed by atoms with E-state index in [4.69, 9.17) is 0 Å². The molecule has 1 atom stereocenters. The number of hydrogen-bond acceptors (Lipinski definition) is 2. The van der Waals surface area contributed by atoms with Crippen molar-refractivity contribution < 1.29 is 8.42 Å². The maximum absolute atomic E-state index is 12.1. The van der Waals surface area contributed by atoms with Crippen molar-refractivity contribution in [3.05, 3.63) is 29.8 Å². The zero-order chi connectivity index (χ0) is 13.1. The molecule has 0 fully saturated rings. The van der Waals surface area contributed by atoms with Crippen LogP contribution < -0.4 is 4.72 Å².